The predicted molar refractivity (Wildman–Crippen MR) is 37.6 cm³/mol. The summed E-state index contributed by atoms with van der Waals surface area (Å²) in [7, 11) is 0. The molecule has 0 aliphatic carbocycles. The Morgan fingerprint density at radius 3 is 2.92 bits per heavy atom. The zero-order valence-electron chi connectivity index (χ0n) is 5.84. The second kappa shape index (κ2) is 3.34. The molecule has 0 aromatic carbocycles. The minimum atomic E-state index is -0.202. The second-order valence-electron chi connectivity index (χ2n) is 1.64. The lowest BCUT2D eigenvalue weighted by Crippen LogP contribution is -2.43. The maximum atomic E-state index is 6.36. The maximum Gasteiger partial charge on any atom is 0.286 e. The van der Waals surface area contributed by atoms with Gasteiger partial charge in [-0.1, -0.05) is 10.2 Å². The molecule has 0 atom stereocenters. The number of H-pyrrole nitrogens is 1. The number of rotatable bonds is 2. The molecule has 1 rings (SSSR count). The molecule has 0 saturated carbocycles. The van der Waals surface area contributed by atoms with Gasteiger partial charge in [0.2, 0.25) is 5.96 Å². The van der Waals surface area contributed by atoms with Gasteiger partial charge >= 0.3 is 0 Å². The number of nitrogens with two attached hydrogens (primary N) is 2. The Labute approximate surface area is 66.1 Å². The highest BCUT2D eigenvalue weighted by Crippen LogP contribution is 1.95. The van der Waals surface area contributed by atoms with E-state index in [0.717, 1.165) is 5.01 Å². The van der Waals surface area contributed by atoms with Gasteiger partial charge in [-0.2, -0.15) is 10.7 Å². The van der Waals surface area contributed by atoms with Crippen LogP contribution in [0.2, 0.25) is 0 Å². The third-order valence-corrected chi connectivity index (χ3v) is 0.949. The first-order valence-corrected chi connectivity index (χ1v) is 2.74. The van der Waals surface area contributed by atoms with Crippen LogP contribution in [-0.4, -0.2) is 26.6 Å². The van der Waals surface area contributed by atoms with Gasteiger partial charge in [-0.05, 0) is 10.4 Å². The topological polar surface area (TPSA) is 158 Å². The highest BCUT2D eigenvalue weighted by Gasteiger charge is 2.09. The minimum Gasteiger partial charge on any atom is -0.367 e. The fraction of sp³-hybridized carbons (Fsp3) is 0. The van der Waals surface area contributed by atoms with Gasteiger partial charge in [0.1, 0.15) is 0 Å². The van der Waals surface area contributed by atoms with Gasteiger partial charge in [-0.25, -0.2) is 10.9 Å². The number of hydrogen-bond acceptors (Lipinski definition) is 6. The predicted octanol–water partition coefficient (Wildman–Crippen LogP) is -1.86. The van der Waals surface area contributed by atoms with Crippen molar-refractivity contribution >= 4 is 11.9 Å². The van der Waals surface area contributed by atoms with Crippen LogP contribution in [0.5, 0.6) is 0 Å². The fourth-order valence-corrected chi connectivity index (χ4v) is 0.460. The van der Waals surface area contributed by atoms with Crippen molar-refractivity contribution in [2.75, 3.05) is 5.01 Å². The smallest absolute Gasteiger partial charge is 0.286 e. The van der Waals surface area contributed by atoms with Crippen LogP contribution in [0.15, 0.2) is 10.3 Å². The van der Waals surface area contributed by atoms with Crippen molar-refractivity contribution in [1.29, 1.82) is 5.53 Å². The van der Waals surface area contributed by atoms with Crippen molar-refractivity contribution in [2.24, 2.45) is 21.9 Å². The van der Waals surface area contributed by atoms with Crippen LogP contribution < -0.4 is 16.6 Å². The van der Waals surface area contributed by atoms with E-state index in [1.54, 1.807) is 0 Å². The molecule has 1 aromatic rings. The molecular formula is C2H6N10. The summed E-state index contributed by atoms with van der Waals surface area (Å²) in [5, 5.41) is 19.1. The molecule has 12 heavy (non-hydrogen) atoms. The number of nitrogens with zero attached hydrogens (tertiary/aromatic N) is 6. The summed E-state index contributed by atoms with van der Waals surface area (Å²) in [6.45, 7) is 0. The Balaban J connectivity index is 2.78. The quantitative estimate of drug-likeness (QED) is 0.134. The summed E-state index contributed by atoms with van der Waals surface area (Å²) in [4.78, 5) is 0. The van der Waals surface area contributed by atoms with Gasteiger partial charge in [0, 0.05) is 0 Å². The third kappa shape index (κ3) is 1.49. The van der Waals surface area contributed by atoms with Crippen LogP contribution in [0.25, 0.3) is 0 Å². The molecule has 0 fully saturated rings. The highest BCUT2D eigenvalue weighted by molar-refractivity contribution is 5.91. The lowest BCUT2D eigenvalue weighted by atomic mass is 10.8. The van der Waals surface area contributed by atoms with E-state index in [1.165, 1.54) is 0 Å². The molecular weight excluding hydrogens is 164 g/mol. The van der Waals surface area contributed by atoms with Crippen LogP contribution in [0.1, 0.15) is 0 Å². The van der Waals surface area contributed by atoms with Crippen LogP contribution in [0.3, 0.4) is 0 Å². The number of tetrazole rings is 1. The fourth-order valence-electron chi connectivity index (χ4n) is 0.460. The average Bonchev–Trinajstić information content (AvgIpc) is 2.55. The molecule has 0 aliphatic heterocycles. The first kappa shape index (κ1) is 8.00. The lowest BCUT2D eigenvalue weighted by Gasteiger charge is -2.09. The Bertz CT molecular complexity index is 270. The van der Waals surface area contributed by atoms with E-state index in [1.807, 2.05) is 0 Å². The van der Waals surface area contributed by atoms with Crippen molar-refractivity contribution in [3.05, 3.63) is 0 Å². The van der Waals surface area contributed by atoms with Crippen molar-refractivity contribution < 1.29 is 0 Å². The van der Waals surface area contributed by atoms with Gasteiger partial charge in [-0.15, -0.1) is 5.10 Å². The molecule has 0 amide bonds. The Kier molecular flexibility index (Phi) is 2.23. The molecule has 0 bridgehead atoms. The molecule has 6 N–H and O–H groups in total. The Morgan fingerprint density at radius 2 is 2.42 bits per heavy atom. The third-order valence-electron chi connectivity index (χ3n) is 0.949. The van der Waals surface area contributed by atoms with E-state index in [-0.39, 0.29) is 11.9 Å². The van der Waals surface area contributed by atoms with Gasteiger partial charge < -0.3 is 5.73 Å². The zero-order chi connectivity index (χ0) is 8.97. The molecule has 1 aromatic heterocycles. The van der Waals surface area contributed by atoms with Crippen LogP contribution in [0, 0.1) is 5.53 Å². The SMILES string of the molecule is N=NN=C(N)N(N)c1nn[nH]n1. The average molecular weight is 170 g/mol. The Morgan fingerprint density at radius 1 is 1.67 bits per heavy atom. The number of aromatic amines is 1. The maximum absolute atomic E-state index is 6.36. The van der Waals surface area contributed by atoms with Gasteiger partial charge in [0.05, 0.1) is 0 Å². The molecule has 0 spiro atoms. The van der Waals surface area contributed by atoms with Crippen molar-refractivity contribution in [3.63, 3.8) is 0 Å². The van der Waals surface area contributed by atoms with E-state index < -0.39 is 0 Å². The number of nitrogens with one attached hydrogen (secondary N) is 2. The summed E-state index contributed by atoms with van der Waals surface area (Å²) >= 11 is 0. The lowest BCUT2D eigenvalue weighted by molar-refractivity contribution is 0.881. The highest BCUT2D eigenvalue weighted by atomic mass is 15.6. The van der Waals surface area contributed by atoms with E-state index in [2.05, 4.69) is 30.9 Å². The van der Waals surface area contributed by atoms with E-state index in [9.17, 15) is 0 Å². The standard InChI is InChI=1S/C2H6N10/c3-1(6-9-4)12(5)2-7-10-11-8-2/h5H2,(H3,3,4,6)(H,7,8,10,11). The number of guanidine groups is 1. The summed E-state index contributed by atoms with van der Waals surface area (Å²) in [5.41, 5.74) is 11.6. The number of hydrogen-bond donors (Lipinski definition) is 4. The molecule has 10 nitrogen and oxygen atoms in total. The number of anilines is 1. The molecule has 1 heterocycles. The first-order valence-electron chi connectivity index (χ1n) is 2.74. The van der Waals surface area contributed by atoms with Gasteiger partial charge in [0.15, 0.2) is 0 Å². The molecule has 0 unspecified atom stereocenters. The molecule has 10 heteroatoms. The summed E-state index contributed by atoms with van der Waals surface area (Å²) in [6.07, 6.45) is 0. The summed E-state index contributed by atoms with van der Waals surface area (Å²) in [5.74, 6) is 5.16. The molecule has 0 radical (unpaired) electrons. The van der Waals surface area contributed by atoms with E-state index >= 15 is 0 Å². The second-order valence-corrected chi connectivity index (χ2v) is 1.64. The van der Waals surface area contributed by atoms with Crippen molar-refractivity contribution in [3.8, 4) is 0 Å². The minimum absolute atomic E-state index is 0.0416. The Hall–Kier alpha value is -2.10. The monoisotopic (exact) mass is 170 g/mol. The molecule has 64 valence electrons. The van der Waals surface area contributed by atoms with E-state index in [0.29, 0.717) is 0 Å². The van der Waals surface area contributed by atoms with Crippen molar-refractivity contribution in [1.82, 2.24) is 20.6 Å². The van der Waals surface area contributed by atoms with Gasteiger partial charge in [-0.3, -0.25) is 0 Å². The van der Waals surface area contributed by atoms with Crippen molar-refractivity contribution in [2.45, 2.75) is 0 Å². The summed E-state index contributed by atoms with van der Waals surface area (Å²) in [6, 6.07) is 0. The molecule has 0 saturated heterocycles. The van der Waals surface area contributed by atoms with Crippen LogP contribution in [0.4, 0.5) is 5.95 Å². The number of hydrazine groups is 1. The zero-order valence-corrected chi connectivity index (χ0v) is 5.84. The van der Waals surface area contributed by atoms with E-state index in [4.69, 9.17) is 17.1 Å². The van der Waals surface area contributed by atoms with Gasteiger partial charge in [0.25, 0.3) is 5.95 Å². The largest absolute Gasteiger partial charge is 0.367 e. The number of aromatic nitrogens is 4. The van der Waals surface area contributed by atoms with Crippen LogP contribution in [-0.2, 0) is 0 Å². The normalized spacial score (nSPS) is 11.2. The van der Waals surface area contributed by atoms with Crippen LogP contribution >= 0.6 is 0 Å². The summed E-state index contributed by atoms with van der Waals surface area (Å²) < 4.78 is 0. The molecule has 0 aliphatic rings. The first-order chi connectivity index (χ1) is 5.75.